The molecular weight excluding hydrogens is 196 g/mol. The number of hydrogen-bond donors (Lipinski definition) is 0. The molecule has 2 atom stereocenters. The van der Waals surface area contributed by atoms with Crippen molar-refractivity contribution in [2.24, 2.45) is 5.41 Å². The molecule has 1 unspecified atom stereocenters. The second-order valence-electron chi connectivity index (χ2n) is 6.55. The third-order valence-corrected chi connectivity index (χ3v) is 6.86. The fourth-order valence-corrected chi connectivity index (χ4v) is 7.47. The van der Waals surface area contributed by atoms with E-state index in [2.05, 4.69) is 63.8 Å². The van der Waals surface area contributed by atoms with Crippen LogP contribution in [0, 0.1) is 5.41 Å². The molecule has 1 fully saturated rings. The van der Waals surface area contributed by atoms with Crippen LogP contribution < -0.4 is 0 Å². The van der Waals surface area contributed by atoms with Gasteiger partial charge < -0.3 is 0 Å². The van der Waals surface area contributed by atoms with E-state index < -0.39 is 8.07 Å². The fourth-order valence-electron chi connectivity index (χ4n) is 3.54. The largest absolute Gasteiger partial charge is 0.0693 e. The maximum Gasteiger partial charge on any atom is 0.0486 e. The summed E-state index contributed by atoms with van der Waals surface area (Å²) >= 11 is 0. The van der Waals surface area contributed by atoms with Gasteiger partial charge in [-0.05, 0) is 22.4 Å². The van der Waals surface area contributed by atoms with Crippen LogP contribution in [0.25, 0.3) is 0 Å². The lowest BCUT2D eigenvalue weighted by Gasteiger charge is -2.17. The predicted octanol–water partition coefficient (Wildman–Crippen LogP) is 4.52. The second-order valence-corrected chi connectivity index (χ2v) is 11.9. The monoisotopic (exact) mass is 218 g/mol. The molecule has 0 aromatic heterocycles. The molecular formula is C14H22Si. The molecule has 1 aromatic carbocycles. The van der Waals surface area contributed by atoms with Crippen molar-refractivity contribution in [2.75, 3.05) is 0 Å². The Hall–Kier alpha value is -0.563. The Bertz CT molecular complexity index is 345. The molecule has 1 heteroatoms. The molecule has 0 N–H and O–H groups in total. The van der Waals surface area contributed by atoms with Gasteiger partial charge in [0.05, 0.1) is 0 Å². The van der Waals surface area contributed by atoms with E-state index >= 15 is 0 Å². The molecule has 0 radical (unpaired) electrons. The quantitative estimate of drug-likeness (QED) is 0.640. The molecule has 0 spiro atoms. The molecule has 1 aliphatic carbocycles. The van der Waals surface area contributed by atoms with Gasteiger partial charge in [-0.2, -0.15) is 0 Å². The minimum atomic E-state index is -1.00. The zero-order chi connectivity index (χ0) is 11.3. The normalized spacial score (nSPS) is 28.9. The van der Waals surface area contributed by atoms with E-state index in [1.54, 1.807) is 5.56 Å². The summed E-state index contributed by atoms with van der Waals surface area (Å²) in [7, 11) is -1.00. The Morgan fingerprint density at radius 3 is 1.93 bits per heavy atom. The molecule has 1 aliphatic rings. The Morgan fingerprint density at radius 2 is 1.53 bits per heavy atom. The Balaban J connectivity index is 2.28. The van der Waals surface area contributed by atoms with Crippen LogP contribution in [0.3, 0.4) is 0 Å². The zero-order valence-electron chi connectivity index (χ0n) is 10.5. The van der Waals surface area contributed by atoms with Gasteiger partial charge in [-0.25, -0.2) is 0 Å². The Morgan fingerprint density at radius 1 is 1.00 bits per heavy atom. The lowest BCUT2D eigenvalue weighted by molar-refractivity contribution is 0.618. The maximum absolute atomic E-state index is 2.50. The van der Waals surface area contributed by atoms with Crippen LogP contribution >= 0.6 is 0 Å². The first kappa shape index (κ1) is 10.9. The standard InChI is InChI=1S/C14H22Si/c1-14(2)12(13(14)15(3,4)5)11-9-7-6-8-10-11/h6-10,12-13H,1-5H3/t12-,13?/m0/s1. The van der Waals surface area contributed by atoms with E-state index in [1.807, 2.05) is 0 Å². The van der Waals surface area contributed by atoms with Gasteiger partial charge in [-0.3, -0.25) is 0 Å². The molecule has 0 heterocycles. The topological polar surface area (TPSA) is 0 Å². The maximum atomic E-state index is 2.50. The fraction of sp³-hybridized carbons (Fsp3) is 0.571. The lowest BCUT2D eigenvalue weighted by atomic mass is 10.0. The minimum absolute atomic E-state index is 0.534. The van der Waals surface area contributed by atoms with Crippen molar-refractivity contribution < 1.29 is 0 Å². The van der Waals surface area contributed by atoms with Crippen LogP contribution in [0.1, 0.15) is 25.3 Å². The van der Waals surface area contributed by atoms with Gasteiger partial charge in [0.2, 0.25) is 0 Å². The molecule has 0 saturated heterocycles. The van der Waals surface area contributed by atoms with Crippen LogP contribution in [0.4, 0.5) is 0 Å². The predicted molar refractivity (Wildman–Crippen MR) is 70.1 cm³/mol. The number of rotatable bonds is 2. The summed E-state index contributed by atoms with van der Waals surface area (Å²) in [5.74, 6) is 0.811. The molecule has 15 heavy (non-hydrogen) atoms. The van der Waals surface area contributed by atoms with E-state index in [4.69, 9.17) is 0 Å². The van der Waals surface area contributed by atoms with Crippen molar-refractivity contribution >= 4 is 8.07 Å². The average Bonchev–Trinajstić information content (AvgIpc) is 2.70. The molecule has 1 saturated carbocycles. The third kappa shape index (κ3) is 1.78. The first-order valence-electron chi connectivity index (χ1n) is 5.90. The summed E-state index contributed by atoms with van der Waals surface area (Å²) in [6.45, 7) is 12.4. The van der Waals surface area contributed by atoms with Crippen molar-refractivity contribution in [3.63, 3.8) is 0 Å². The van der Waals surface area contributed by atoms with Crippen molar-refractivity contribution in [3.8, 4) is 0 Å². The van der Waals surface area contributed by atoms with Crippen molar-refractivity contribution in [1.29, 1.82) is 0 Å². The molecule has 0 bridgehead atoms. The SMILES string of the molecule is CC1(C)C([Si](C)(C)C)[C@@H]1c1ccccc1. The zero-order valence-corrected chi connectivity index (χ0v) is 11.5. The van der Waals surface area contributed by atoms with E-state index in [1.165, 1.54) is 0 Å². The summed E-state index contributed by atoms with van der Waals surface area (Å²) in [5, 5.41) is 0. The lowest BCUT2D eigenvalue weighted by Crippen LogP contribution is -2.22. The van der Waals surface area contributed by atoms with E-state index in [-0.39, 0.29) is 0 Å². The van der Waals surface area contributed by atoms with Gasteiger partial charge in [0.15, 0.2) is 0 Å². The summed E-state index contributed by atoms with van der Waals surface area (Å²) in [5.41, 5.74) is 3.04. The smallest absolute Gasteiger partial charge is 0.0486 e. The van der Waals surface area contributed by atoms with Crippen LogP contribution in [-0.4, -0.2) is 8.07 Å². The minimum Gasteiger partial charge on any atom is -0.0693 e. The Labute approximate surface area is 94.7 Å². The number of benzene rings is 1. The first-order valence-corrected chi connectivity index (χ1v) is 9.48. The highest BCUT2D eigenvalue weighted by Gasteiger charge is 2.62. The highest BCUT2D eigenvalue weighted by atomic mass is 28.3. The highest BCUT2D eigenvalue weighted by Crippen LogP contribution is 2.72. The third-order valence-electron chi connectivity index (χ3n) is 3.92. The summed E-state index contributed by atoms with van der Waals surface area (Å²) in [6.07, 6.45) is 0. The van der Waals surface area contributed by atoms with Crippen LogP contribution in [0.15, 0.2) is 30.3 Å². The van der Waals surface area contributed by atoms with Crippen LogP contribution in [0.2, 0.25) is 25.2 Å². The average molecular weight is 218 g/mol. The van der Waals surface area contributed by atoms with Crippen LogP contribution in [0.5, 0.6) is 0 Å². The molecule has 0 aliphatic heterocycles. The Kier molecular flexibility index (Phi) is 2.34. The van der Waals surface area contributed by atoms with Crippen molar-refractivity contribution in [2.45, 2.75) is 44.9 Å². The summed E-state index contributed by atoms with van der Waals surface area (Å²) < 4.78 is 0. The highest BCUT2D eigenvalue weighted by molar-refractivity contribution is 6.78. The van der Waals surface area contributed by atoms with Gasteiger partial charge in [0, 0.05) is 8.07 Å². The van der Waals surface area contributed by atoms with Crippen molar-refractivity contribution in [3.05, 3.63) is 35.9 Å². The van der Waals surface area contributed by atoms with Gasteiger partial charge in [-0.15, -0.1) is 0 Å². The molecule has 82 valence electrons. The first-order chi connectivity index (χ1) is 6.85. The van der Waals surface area contributed by atoms with E-state index in [9.17, 15) is 0 Å². The van der Waals surface area contributed by atoms with Gasteiger partial charge >= 0.3 is 0 Å². The number of hydrogen-bond acceptors (Lipinski definition) is 0. The summed E-state index contributed by atoms with van der Waals surface area (Å²) in [4.78, 5) is 0. The molecule has 0 amide bonds. The molecule has 0 nitrogen and oxygen atoms in total. The van der Waals surface area contributed by atoms with E-state index in [0.717, 1.165) is 11.5 Å². The summed E-state index contributed by atoms with van der Waals surface area (Å²) in [6, 6.07) is 11.1. The van der Waals surface area contributed by atoms with Gasteiger partial charge in [0.25, 0.3) is 0 Å². The van der Waals surface area contributed by atoms with E-state index in [0.29, 0.717) is 5.41 Å². The molecule has 1 aromatic rings. The van der Waals surface area contributed by atoms with Crippen LogP contribution in [-0.2, 0) is 0 Å². The second kappa shape index (κ2) is 3.21. The van der Waals surface area contributed by atoms with Crippen molar-refractivity contribution in [1.82, 2.24) is 0 Å². The van der Waals surface area contributed by atoms with Gasteiger partial charge in [0.1, 0.15) is 0 Å². The molecule has 2 rings (SSSR count). The van der Waals surface area contributed by atoms with Gasteiger partial charge in [-0.1, -0.05) is 63.8 Å².